The molecule has 1 amide bonds. The van der Waals surface area contributed by atoms with Crippen molar-refractivity contribution in [3.8, 4) is 0 Å². The van der Waals surface area contributed by atoms with E-state index in [4.69, 9.17) is 0 Å². The smallest absolute Gasteiger partial charge is 0.375 e. The maximum Gasteiger partial charge on any atom is 0.415 e. The molecule has 0 aromatic carbocycles. The first-order valence-electron chi connectivity index (χ1n) is 3.54. The Morgan fingerprint density at radius 2 is 2.33 bits per heavy atom. The Bertz CT molecular complexity index is 239. The summed E-state index contributed by atoms with van der Waals surface area (Å²) in [7, 11) is 0.0532. The van der Waals surface area contributed by atoms with Gasteiger partial charge in [0.1, 0.15) is 6.04 Å². The lowest BCUT2D eigenvalue weighted by molar-refractivity contribution is -0.135. The van der Waals surface area contributed by atoms with Crippen molar-refractivity contribution in [1.82, 2.24) is 5.32 Å². The molecule has 0 aromatic rings. The van der Waals surface area contributed by atoms with Crippen molar-refractivity contribution >= 4 is 28.4 Å². The van der Waals surface area contributed by atoms with Crippen molar-refractivity contribution < 1.29 is 14.3 Å². The number of hydrogen-bond acceptors (Lipinski definition) is 3. The highest BCUT2D eigenvalue weighted by Gasteiger charge is 2.31. The topological polar surface area (TPSA) is 55.4 Å². The Labute approximate surface area is 73.2 Å². The van der Waals surface area contributed by atoms with Crippen LogP contribution in [0.15, 0.2) is 0 Å². The van der Waals surface area contributed by atoms with Gasteiger partial charge in [-0.15, -0.1) is 0 Å². The average molecular weight is 189 g/mol. The Kier molecular flexibility index (Phi) is 2.86. The van der Waals surface area contributed by atoms with E-state index in [1.165, 1.54) is 0 Å². The summed E-state index contributed by atoms with van der Waals surface area (Å²) in [6.45, 7) is 0. The molecule has 0 aliphatic carbocycles. The molecule has 1 rings (SSSR count). The van der Waals surface area contributed by atoms with Gasteiger partial charge in [0, 0.05) is 0 Å². The summed E-state index contributed by atoms with van der Waals surface area (Å²) >= 11 is 0. The van der Waals surface area contributed by atoms with Gasteiger partial charge in [0.25, 0.3) is 0 Å². The van der Waals surface area contributed by atoms with Crippen molar-refractivity contribution in [1.29, 1.82) is 0 Å². The van der Waals surface area contributed by atoms with Gasteiger partial charge >= 0.3 is 12.1 Å². The molecule has 0 saturated carbocycles. The molecule has 2 atom stereocenters. The number of rotatable bonds is 3. The van der Waals surface area contributed by atoms with Gasteiger partial charge in [-0.3, -0.25) is 0 Å². The second kappa shape index (κ2) is 3.71. The second-order valence-electron chi connectivity index (χ2n) is 2.68. The molecule has 1 heterocycles. The quantitative estimate of drug-likeness (QED) is 0.396. The first-order chi connectivity index (χ1) is 5.59. The van der Waals surface area contributed by atoms with Crippen LogP contribution < -0.4 is 5.32 Å². The summed E-state index contributed by atoms with van der Waals surface area (Å²) in [5.74, 6) is 4.17. The Morgan fingerprint density at radius 3 is 2.75 bits per heavy atom. The van der Waals surface area contributed by atoms with Crippen LogP contribution in [-0.4, -0.2) is 36.0 Å². The Hall–Kier alpha value is -0.840. The van der Waals surface area contributed by atoms with Crippen LogP contribution in [0.3, 0.4) is 0 Å². The fourth-order valence-corrected chi connectivity index (χ4v) is 1.54. The number of alkyl carbamates (subject to hydrolysis) is 1. The van der Waals surface area contributed by atoms with Gasteiger partial charge in [0.2, 0.25) is 0 Å². The molecule has 0 aromatic heterocycles. The van der Waals surface area contributed by atoms with Crippen molar-refractivity contribution in [2.24, 2.45) is 0 Å². The van der Waals surface area contributed by atoms with Gasteiger partial charge in [0.05, 0.1) is 0 Å². The number of amides is 1. The van der Waals surface area contributed by atoms with Gasteiger partial charge < -0.3 is 10.1 Å². The Morgan fingerprint density at radius 1 is 1.67 bits per heavy atom. The summed E-state index contributed by atoms with van der Waals surface area (Å²) < 4.78 is 4.30. The van der Waals surface area contributed by atoms with Crippen LogP contribution >= 0.6 is 10.5 Å². The zero-order chi connectivity index (χ0) is 9.14. The molecule has 1 aliphatic rings. The van der Waals surface area contributed by atoms with Crippen LogP contribution in [0.1, 0.15) is 6.42 Å². The van der Waals surface area contributed by atoms with E-state index in [1.807, 2.05) is 6.26 Å². The molecular formula is C7H11NO3S. The minimum Gasteiger partial charge on any atom is -0.375 e. The summed E-state index contributed by atoms with van der Waals surface area (Å²) in [5, 5.41) is 2.42. The SMILES string of the molecule is C=S(C)CCC1NC(=O)OC1=O. The maximum absolute atomic E-state index is 10.9. The second-order valence-corrected chi connectivity index (χ2v) is 4.65. The van der Waals surface area contributed by atoms with E-state index in [-0.39, 0.29) is 10.5 Å². The predicted octanol–water partition coefficient (Wildman–Crippen LogP) is 0.342. The first kappa shape index (κ1) is 9.25. The minimum absolute atomic E-state index is 0.0532. The minimum atomic E-state index is -0.634. The number of cyclic esters (lactones) is 2. The molecule has 1 fully saturated rings. The van der Waals surface area contributed by atoms with Gasteiger partial charge in [0.15, 0.2) is 0 Å². The standard InChI is InChI=1S/C7H11NO3S/c1-12(2)4-3-5-6(9)11-7(10)8-5/h5H,1,3-4H2,2H3,(H,8,10). The van der Waals surface area contributed by atoms with E-state index in [0.29, 0.717) is 6.42 Å². The van der Waals surface area contributed by atoms with E-state index >= 15 is 0 Å². The summed E-state index contributed by atoms with van der Waals surface area (Å²) in [4.78, 5) is 21.4. The molecule has 0 spiro atoms. The summed E-state index contributed by atoms with van der Waals surface area (Å²) in [6.07, 6.45) is 1.97. The summed E-state index contributed by atoms with van der Waals surface area (Å²) in [6, 6.07) is -0.450. The van der Waals surface area contributed by atoms with Gasteiger partial charge in [-0.1, -0.05) is 5.87 Å². The predicted molar refractivity (Wildman–Crippen MR) is 48.5 cm³/mol. The van der Waals surface area contributed by atoms with Crippen LogP contribution in [0.2, 0.25) is 0 Å². The molecule has 1 saturated heterocycles. The highest BCUT2D eigenvalue weighted by molar-refractivity contribution is 8.13. The van der Waals surface area contributed by atoms with Crippen LogP contribution in [0.4, 0.5) is 4.79 Å². The molecule has 5 heteroatoms. The molecule has 12 heavy (non-hydrogen) atoms. The number of carbonyl (C=O) groups excluding carboxylic acids is 2. The number of nitrogens with one attached hydrogen (secondary N) is 1. The lowest BCUT2D eigenvalue weighted by Gasteiger charge is -2.04. The largest absolute Gasteiger partial charge is 0.415 e. The fourth-order valence-electron chi connectivity index (χ4n) is 0.902. The zero-order valence-corrected chi connectivity index (χ0v) is 7.65. The Balaban J connectivity index is 2.38. The molecule has 1 aliphatic heterocycles. The number of carbonyl (C=O) groups is 2. The lowest BCUT2D eigenvalue weighted by atomic mass is 10.2. The third kappa shape index (κ3) is 2.34. The number of ether oxygens (including phenoxy) is 1. The molecule has 68 valence electrons. The van der Waals surface area contributed by atoms with Crippen molar-refractivity contribution in [3.05, 3.63) is 0 Å². The molecule has 0 radical (unpaired) electrons. The van der Waals surface area contributed by atoms with E-state index < -0.39 is 18.1 Å². The van der Waals surface area contributed by atoms with Crippen LogP contribution in [0.5, 0.6) is 0 Å². The third-order valence-electron chi connectivity index (χ3n) is 1.52. The third-order valence-corrected chi connectivity index (χ3v) is 2.46. The molecule has 2 unspecified atom stereocenters. The number of hydrogen-bond donors (Lipinski definition) is 1. The molecular weight excluding hydrogens is 178 g/mol. The summed E-state index contributed by atoms with van der Waals surface area (Å²) in [5.41, 5.74) is 0. The van der Waals surface area contributed by atoms with Gasteiger partial charge in [-0.2, -0.15) is 10.5 Å². The maximum atomic E-state index is 10.9. The van der Waals surface area contributed by atoms with E-state index in [9.17, 15) is 9.59 Å². The highest BCUT2D eigenvalue weighted by atomic mass is 32.2. The monoisotopic (exact) mass is 189 g/mol. The van der Waals surface area contributed by atoms with E-state index in [0.717, 1.165) is 5.75 Å². The zero-order valence-electron chi connectivity index (χ0n) is 6.83. The lowest BCUT2D eigenvalue weighted by Crippen LogP contribution is -2.29. The van der Waals surface area contributed by atoms with Crippen LogP contribution in [0.25, 0.3) is 0 Å². The van der Waals surface area contributed by atoms with Crippen molar-refractivity contribution in [2.45, 2.75) is 12.5 Å². The van der Waals surface area contributed by atoms with E-state index in [1.54, 1.807) is 0 Å². The number of esters is 1. The first-order valence-corrected chi connectivity index (χ1v) is 5.51. The van der Waals surface area contributed by atoms with Crippen molar-refractivity contribution in [2.75, 3.05) is 12.0 Å². The van der Waals surface area contributed by atoms with Crippen molar-refractivity contribution in [3.63, 3.8) is 0 Å². The molecule has 4 nitrogen and oxygen atoms in total. The average Bonchev–Trinajstić information content (AvgIpc) is 2.26. The van der Waals surface area contributed by atoms with E-state index in [2.05, 4.69) is 15.9 Å². The van der Waals surface area contributed by atoms with Crippen LogP contribution in [-0.2, 0) is 9.53 Å². The highest BCUT2D eigenvalue weighted by Crippen LogP contribution is 2.10. The van der Waals surface area contributed by atoms with Crippen LogP contribution in [0, 0.1) is 0 Å². The van der Waals surface area contributed by atoms with Gasteiger partial charge in [-0.05, 0) is 18.4 Å². The fraction of sp³-hybridized carbons (Fsp3) is 0.571. The molecule has 1 N–H and O–H groups in total. The molecule has 0 bridgehead atoms. The van der Waals surface area contributed by atoms with Gasteiger partial charge in [-0.25, -0.2) is 9.59 Å². The normalized spacial score (nSPS) is 24.9.